The molecule has 0 spiro atoms. The highest BCUT2D eigenvalue weighted by Crippen LogP contribution is 2.55. The van der Waals surface area contributed by atoms with Crippen LogP contribution in [0.4, 0.5) is 0 Å². The maximum Gasteiger partial charge on any atom is 0.347 e. The van der Waals surface area contributed by atoms with Crippen LogP contribution in [0, 0.1) is 0 Å². The van der Waals surface area contributed by atoms with E-state index in [1.54, 1.807) is 0 Å². The summed E-state index contributed by atoms with van der Waals surface area (Å²) in [6.45, 7) is 4.38. The second-order valence-corrected chi connectivity index (χ2v) is 9.94. The SMILES string of the molecule is CCOP(=O)(OCC)C1Cc2c([nH]c3ccccc23)C(c2ccc(Br)cc2)N1. The predicted octanol–water partition coefficient (Wildman–Crippen LogP) is 5.76. The second-order valence-electron chi connectivity index (χ2n) is 6.81. The molecule has 1 aromatic heterocycles. The van der Waals surface area contributed by atoms with E-state index in [1.807, 2.05) is 38.1 Å². The molecule has 0 aliphatic carbocycles. The molecule has 3 aromatic rings. The van der Waals surface area contributed by atoms with Crippen molar-refractivity contribution in [3.8, 4) is 0 Å². The third kappa shape index (κ3) is 3.60. The first kappa shape index (κ1) is 19.9. The zero-order chi connectivity index (χ0) is 19.7. The fraction of sp³-hybridized carbons (Fsp3) is 0.333. The van der Waals surface area contributed by atoms with Gasteiger partial charge in [-0.15, -0.1) is 0 Å². The topological polar surface area (TPSA) is 63.4 Å². The minimum absolute atomic E-state index is 0.122. The molecule has 1 aliphatic rings. The summed E-state index contributed by atoms with van der Waals surface area (Å²) in [6.07, 6.45) is 0.587. The van der Waals surface area contributed by atoms with Gasteiger partial charge in [-0.1, -0.05) is 46.3 Å². The number of benzene rings is 2. The Balaban J connectivity index is 1.84. The van der Waals surface area contributed by atoms with Gasteiger partial charge in [0.15, 0.2) is 0 Å². The molecular weight excluding hydrogens is 439 g/mol. The summed E-state index contributed by atoms with van der Waals surface area (Å²) >= 11 is 3.50. The van der Waals surface area contributed by atoms with Crippen molar-refractivity contribution in [1.82, 2.24) is 10.3 Å². The predicted molar refractivity (Wildman–Crippen MR) is 116 cm³/mol. The van der Waals surface area contributed by atoms with Gasteiger partial charge in [0.2, 0.25) is 0 Å². The van der Waals surface area contributed by atoms with Crippen LogP contribution in [0.25, 0.3) is 10.9 Å². The molecule has 2 atom stereocenters. The molecule has 2 aromatic carbocycles. The Labute approximate surface area is 173 Å². The standard InChI is InChI=1S/C21H24BrN2O3P/c1-3-26-28(25,27-4-2)19-13-17-16-7-5-6-8-18(16)23-21(17)20(24-19)14-9-11-15(22)12-10-14/h5-12,19-20,23-24H,3-4,13H2,1-2H3. The Hall–Kier alpha value is -1.43. The van der Waals surface area contributed by atoms with Crippen molar-refractivity contribution in [2.24, 2.45) is 0 Å². The quantitative estimate of drug-likeness (QED) is 0.457. The molecule has 5 nitrogen and oxygen atoms in total. The highest BCUT2D eigenvalue weighted by atomic mass is 79.9. The van der Waals surface area contributed by atoms with E-state index >= 15 is 0 Å². The van der Waals surface area contributed by atoms with Crippen molar-refractivity contribution >= 4 is 34.4 Å². The van der Waals surface area contributed by atoms with Crippen molar-refractivity contribution in [2.45, 2.75) is 32.1 Å². The van der Waals surface area contributed by atoms with Gasteiger partial charge >= 0.3 is 7.60 Å². The number of hydrogen-bond donors (Lipinski definition) is 2. The van der Waals surface area contributed by atoms with Gasteiger partial charge in [0.25, 0.3) is 0 Å². The summed E-state index contributed by atoms with van der Waals surface area (Å²) in [5, 5.41) is 4.71. The summed E-state index contributed by atoms with van der Waals surface area (Å²) in [5.74, 6) is -0.409. The van der Waals surface area contributed by atoms with Crippen LogP contribution in [0.2, 0.25) is 0 Å². The molecule has 0 radical (unpaired) electrons. The molecule has 2 unspecified atom stereocenters. The van der Waals surface area contributed by atoms with E-state index in [2.05, 4.69) is 50.5 Å². The number of H-pyrrole nitrogens is 1. The Kier molecular flexibility index (Phi) is 5.77. The zero-order valence-corrected chi connectivity index (χ0v) is 18.4. The molecular formula is C21H24BrN2O3P. The van der Waals surface area contributed by atoms with E-state index in [9.17, 15) is 4.57 Å². The largest absolute Gasteiger partial charge is 0.357 e. The van der Waals surface area contributed by atoms with Gasteiger partial charge in [-0.3, -0.25) is 9.88 Å². The second kappa shape index (κ2) is 8.13. The zero-order valence-electron chi connectivity index (χ0n) is 15.9. The number of hydrogen-bond acceptors (Lipinski definition) is 4. The Morgan fingerprint density at radius 2 is 1.75 bits per heavy atom. The molecule has 2 heterocycles. The van der Waals surface area contributed by atoms with E-state index < -0.39 is 13.4 Å². The highest BCUT2D eigenvalue weighted by molar-refractivity contribution is 9.10. The normalized spacial score (nSPS) is 19.7. The Bertz CT molecular complexity index is 1010. The van der Waals surface area contributed by atoms with Crippen LogP contribution in [-0.4, -0.2) is 24.0 Å². The smallest absolute Gasteiger partial charge is 0.347 e. The van der Waals surface area contributed by atoms with Gasteiger partial charge in [-0.2, -0.15) is 0 Å². The van der Waals surface area contributed by atoms with Gasteiger partial charge in [-0.05, 0) is 43.2 Å². The van der Waals surface area contributed by atoms with Crippen LogP contribution >= 0.6 is 23.5 Å². The van der Waals surface area contributed by atoms with Crippen molar-refractivity contribution in [3.05, 3.63) is 69.8 Å². The number of fused-ring (bicyclic) bond motifs is 3. The lowest BCUT2D eigenvalue weighted by Crippen LogP contribution is -2.40. The van der Waals surface area contributed by atoms with Crippen molar-refractivity contribution in [3.63, 3.8) is 0 Å². The summed E-state index contributed by atoms with van der Waals surface area (Å²) in [5.41, 5.74) is 4.46. The summed E-state index contributed by atoms with van der Waals surface area (Å²) < 4.78 is 25.9. The maximum atomic E-state index is 13.5. The van der Waals surface area contributed by atoms with Crippen LogP contribution in [0.1, 0.15) is 36.7 Å². The average Bonchev–Trinajstić information content (AvgIpc) is 3.07. The number of halogens is 1. The first-order chi connectivity index (χ1) is 13.6. The molecule has 1 aliphatic heterocycles. The van der Waals surface area contributed by atoms with Crippen molar-refractivity contribution in [1.29, 1.82) is 0 Å². The molecule has 4 rings (SSSR count). The van der Waals surface area contributed by atoms with Crippen molar-refractivity contribution in [2.75, 3.05) is 13.2 Å². The lowest BCUT2D eigenvalue weighted by Gasteiger charge is -2.35. The summed E-state index contributed by atoms with van der Waals surface area (Å²) in [6, 6.07) is 16.3. The molecule has 0 saturated heterocycles. The van der Waals surface area contributed by atoms with E-state index in [4.69, 9.17) is 9.05 Å². The molecule has 28 heavy (non-hydrogen) atoms. The van der Waals surface area contributed by atoms with Gasteiger partial charge in [0.05, 0.1) is 19.3 Å². The molecule has 0 amide bonds. The van der Waals surface area contributed by atoms with E-state index in [0.29, 0.717) is 19.6 Å². The number of aromatic nitrogens is 1. The van der Waals surface area contributed by atoms with Crippen LogP contribution in [-0.2, 0) is 20.0 Å². The van der Waals surface area contributed by atoms with Crippen LogP contribution < -0.4 is 5.32 Å². The van der Waals surface area contributed by atoms with Gasteiger partial charge in [-0.25, -0.2) is 0 Å². The number of para-hydroxylation sites is 1. The fourth-order valence-electron chi connectivity index (χ4n) is 3.91. The van der Waals surface area contributed by atoms with E-state index in [-0.39, 0.29) is 6.04 Å². The molecule has 2 N–H and O–H groups in total. The van der Waals surface area contributed by atoms with Gasteiger partial charge < -0.3 is 14.0 Å². The third-order valence-corrected chi connectivity index (χ3v) is 7.95. The van der Waals surface area contributed by atoms with Crippen molar-refractivity contribution < 1.29 is 13.6 Å². The Morgan fingerprint density at radius 1 is 1.07 bits per heavy atom. The first-order valence-corrected chi connectivity index (χ1v) is 12.0. The third-order valence-electron chi connectivity index (χ3n) is 5.09. The molecule has 0 saturated carbocycles. The fourth-order valence-corrected chi connectivity index (χ4v) is 6.07. The van der Waals surface area contributed by atoms with E-state index in [1.165, 1.54) is 5.56 Å². The first-order valence-electron chi connectivity index (χ1n) is 9.55. The highest BCUT2D eigenvalue weighted by Gasteiger charge is 2.42. The van der Waals surface area contributed by atoms with Crippen LogP contribution in [0.5, 0.6) is 0 Å². The Morgan fingerprint density at radius 3 is 2.43 bits per heavy atom. The molecule has 0 bridgehead atoms. The average molecular weight is 463 g/mol. The minimum atomic E-state index is -3.31. The number of rotatable bonds is 6. The number of nitrogens with one attached hydrogen (secondary N) is 2. The lowest BCUT2D eigenvalue weighted by molar-refractivity contribution is 0.204. The maximum absolute atomic E-state index is 13.5. The van der Waals surface area contributed by atoms with Crippen LogP contribution in [0.3, 0.4) is 0 Å². The van der Waals surface area contributed by atoms with Gasteiger partial charge in [0.1, 0.15) is 5.78 Å². The number of aromatic amines is 1. The van der Waals surface area contributed by atoms with Crippen LogP contribution in [0.15, 0.2) is 53.0 Å². The molecule has 7 heteroatoms. The van der Waals surface area contributed by atoms with E-state index in [0.717, 1.165) is 26.6 Å². The summed E-state index contributed by atoms with van der Waals surface area (Å²) in [4.78, 5) is 3.57. The molecule has 148 valence electrons. The summed E-state index contributed by atoms with van der Waals surface area (Å²) in [7, 11) is -3.31. The van der Waals surface area contributed by atoms with Gasteiger partial charge in [0, 0.05) is 27.5 Å². The monoisotopic (exact) mass is 462 g/mol. The minimum Gasteiger partial charge on any atom is -0.357 e. The lowest BCUT2D eigenvalue weighted by atomic mass is 9.94. The molecule has 0 fully saturated rings.